The predicted octanol–water partition coefficient (Wildman–Crippen LogP) is 13.5. The quantitative estimate of drug-likeness (QED) is 0.0935. The van der Waals surface area contributed by atoms with E-state index in [0.717, 1.165) is 71.5 Å². The van der Waals surface area contributed by atoms with Gasteiger partial charge in [-0.05, 0) is 103 Å². The number of hydrogen-bond acceptors (Lipinski definition) is 4. The first-order valence-electron chi connectivity index (χ1n) is 18.7. The van der Waals surface area contributed by atoms with Crippen molar-refractivity contribution in [3.8, 4) is 44.8 Å². The molecule has 0 aliphatic carbocycles. The summed E-state index contributed by atoms with van der Waals surface area (Å²) in [6, 6.07) is 61.7. The van der Waals surface area contributed by atoms with Crippen molar-refractivity contribution < 1.29 is 0 Å². The van der Waals surface area contributed by atoms with Gasteiger partial charge in [-0.3, -0.25) is 14.6 Å². The van der Waals surface area contributed by atoms with Crippen LogP contribution in [0.4, 0.5) is 17.1 Å². The molecule has 0 unspecified atom stereocenters. The van der Waals surface area contributed by atoms with Crippen LogP contribution in [-0.4, -0.2) is 15.0 Å². The predicted molar refractivity (Wildman–Crippen MR) is 231 cm³/mol. The lowest BCUT2D eigenvalue weighted by molar-refractivity contribution is 0.694. The molecule has 0 radical (unpaired) electrons. The molecule has 3 aromatic heterocycles. The van der Waals surface area contributed by atoms with Crippen LogP contribution in [0.2, 0.25) is 0 Å². The maximum absolute atomic E-state index is 15.0. The first-order chi connectivity index (χ1) is 27.6. The summed E-state index contributed by atoms with van der Waals surface area (Å²) in [5.74, 6) is 0. The normalized spacial score (nSPS) is 11.7. The van der Waals surface area contributed by atoms with Crippen LogP contribution in [0.3, 0.4) is 0 Å². The van der Waals surface area contributed by atoms with Crippen molar-refractivity contribution in [3.63, 3.8) is 0 Å². The molecule has 264 valence electrons. The second-order valence-electron chi connectivity index (χ2n) is 14.0. The number of pyridine rings is 3. The van der Waals surface area contributed by atoms with Crippen molar-refractivity contribution in [1.29, 1.82) is 0 Å². The number of aromatic nitrogens is 3. The summed E-state index contributed by atoms with van der Waals surface area (Å²) in [7, 11) is 0. The van der Waals surface area contributed by atoms with Gasteiger partial charge in [0.05, 0.1) is 11.4 Å². The molecule has 0 saturated heterocycles. The Kier molecular flexibility index (Phi) is 8.22. The molecule has 56 heavy (non-hydrogen) atoms. The van der Waals surface area contributed by atoms with Crippen LogP contribution in [0.5, 0.6) is 0 Å². The van der Waals surface area contributed by atoms with Gasteiger partial charge in [0.1, 0.15) is 17.1 Å². The number of quaternary nitrogens is 1. The number of hydrogen-bond donors (Lipinski definition) is 0. The SMILES string of the molecule is [O-][N+](c1ccccc1)(c1ccccc1)c1ccc2cc(-c3c4ccccc4c(-c4cc(-c5ccncc5)nc(-c5ccncc5)c4)c4ccccc34)ccc2c1. The standard InChI is InChI=1S/C51H34N4O/c56-55(41-11-3-1-4-12-41,42-13-5-2-6-14-42)43-22-21-37-31-39(20-19-38(37)32-43)50-44-15-7-9-17-46(44)51(47-18-10-8-16-45(47)50)40-33-48(35-23-27-52-28-24-35)54-49(34-40)36-25-29-53-30-26-36/h1-34H. The number of nitrogens with zero attached hydrogens (tertiary/aromatic N) is 4. The number of benzene rings is 7. The minimum atomic E-state index is -0.684. The van der Waals surface area contributed by atoms with E-state index in [1.54, 1.807) is 0 Å². The largest absolute Gasteiger partial charge is 0.616 e. The maximum atomic E-state index is 15.0. The topological polar surface area (TPSA) is 61.7 Å². The van der Waals surface area contributed by atoms with Crippen LogP contribution in [-0.2, 0) is 0 Å². The van der Waals surface area contributed by atoms with Gasteiger partial charge in [0, 0.05) is 72.3 Å². The van der Waals surface area contributed by atoms with E-state index < -0.39 is 4.65 Å². The first kappa shape index (κ1) is 33.3. The Morgan fingerprint density at radius 2 is 0.768 bits per heavy atom. The highest BCUT2D eigenvalue weighted by atomic mass is 16.5. The van der Waals surface area contributed by atoms with Crippen molar-refractivity contribution in [3.05, 3.63) is 212 Å². The lowest BCUT2D eigenvalue weighted by Gasteiger charge is -2.41. The van der Waals surface area contributed by atoms with E-state index >= 15 is 5.21 Å². The summed E-state index contributed by atoms with van der Waals surface area (Å²) in [4.78, 5) is 13.7. The Hall–Kier alpha value is -7.31. The second kappa shape index (κ2) is 13.8. The van der Waals surface area contributed by atoms with E-state index in [2.05, 4.69) is 94.9 Å². The average Bonchev–Trinajstić information content (AvgIpc) is 3.28. The van der Waals surface area contributed by atoms with Gasteiger partial charge in [-0.25, -0.2) is 4.98 Å². The summed E-state index contributed by atoms with van der Waals surface area (Å²) >= 11 is 0. The van der Waals surface area contributed by atoms with Crippen LogP contribution in [0.15, 0.2) is 207 Å². The first-order valence-corrected chi connectivity index (χ1v) is 18.7. The van der Waals surface area contributed by atoms with Crippen LogP contribution < -0.4 is 4.65 Å². The van der Waals surface area contributed by atoms with Gasteiger partial charge in [-0.15, -0.1) is 0 Å². The highest BCUT2D eigenvalue weighted by molar-refractivity contribution is 6.22. The molecular weight excluding hydrogens is 685 g/mol. The molecule has 0 aliphatic heterocycles. The Morgan fingerprint density at radius 1 is 0.339 bits per heavy atom. The fourth-order valence-corrected chi connectivity index (χ4v) is 8.07. The Labute approximate surface area is 324 Å². The highest BCUT2D eigenvalue weighted by Gasteiger charge is 2.27. The van der Waals surface area contributed by atoms with Gasteiger partial charge in [0.15, 0.2) is 0 Å². The molecule has 5 nitrogen and oxygen atoms in total. The molecule has 0 fully saturated rings. The highest BCUT2D eigenvalue weighted by Crippen LogP contribution is 2.47. The Balaban J connectivity index is 1.16. The summed E-state index contributed by atoms with van der Waals surface area (Å²) < 4.78 is -0.684. The number of fused-ring (bicyclic) bond motifs is 3. The van der Waals surface area contributed by atoms with E-state index in [9.17, 15) is 0 Å². The second-order valence-corrected chi connectivity index (χ2v) is 14.0. The zero-order valence-corrected chi connectivity index (χ0v) is 30.3. The van der Waals surface area contributed by atoms with Crippen molar-refractivity contribution >= 4 is 49.4 Å². The molecule has 3 heterocycles. The molecule has 10 rings (SSSR count). The van der Waals surface area contributed by atoms with E-state index in [4.69, 9.17) is 4.98 Å². The van der Waals surface area contributed by atoms with Crippen LogP contribution >= 0.6 is 0 Å². The molecule has 10 aromatic rings. The van der Waals surface area contributed by atoms with Gasteiger partial charge in [-0.1, -0.05) is 97.1 Å². The van der Waals surface area contributed by atoms with Crippen molar-refractivity contribution in [2.45, 2.75) is 0 Å². The summed E-state index contributed by atoms with van der Waals surface area (Å²) in [6.45, 7) is 0. The molecule has 0 aliphatic rings. The molecule has 5 heteroatoms. The van der Waals surface area contributed by atoms with Gasteiger partial charge in [-0.2, -0.15) is 0 Å². The maximum Gasteiger partial charge on any atom is 0.143 e. The third-order valence-electron chi connectivity index (χ3n) is 10.7. The molecule has 0 bridgehead atoms. The fraction of sp³-hybridized carbons (Fsp3) is 0. The lowest BCUT2D eigenvalue weighted by atomic mass is 9.85. The Morgan fingerprint density at radius 3 is 1.27 bits per heavy atom. The van der Waals surface area contributed by atoms with Gasteiger partial charge >= 0.3 is 0 Å². The number of para-hydroxylation sites is 2. The minimum absolute atomic E-state index is 0.650. The number of rotatable bonds is 7. The average molecular weight is 719 g/mol. The zero-order valence-electron chi connectivity index (χ0n) is 30.3. The van der Waals surface area contributed by atoms with Gasteiger partial charge < -0.3 is 5.21 Å². The Bertz CT molecular complexity index is 2870. The van der Waals surface area contributed by atoms with E-state index in [1.807, 2.05) is 122 Å². The van der Waals surface area contributed by atoms with Gasteiger partial charge in [0.2, 0.25) is 0 Å². The van der Waals surface area contributed by atoms with Crippen LogP contribution in [0.25, 0.3) is 77.1 Å². The summed E-state index contributed by atoms with van der Waals surface area (Å²) in [5, 5.41) is 21.7. The molecule has 0 spiro atoms. The smallest absolute Gasteiger partial charge is 0.143 e. The molecule has 0 amide bonds. The fourth-order valence-electron chi connectivity index (χ4n) is 8.07. The van der Waals surface area contributed by atoms with Gasteiger partial charge in [0.25, 0.3) is 0 Å². The third-order valence-corrected chi connectivity index (χ3v) is 10.7. The monoisotopic (exact) mass is 718 g/mol. The van der Waals surface area contributed by atoms with E-state index in [1.165, 1.54) is 5.56 Å². The van der Waals surface area contributed by atoms with Crippen LogP contribution in [0, 0.1) is 5.21 Å². The van der Waals surface area contributed by atoms with Crippen molar-refractivity contribution in [2.75, 3.05) is 0 Å². The molecule has 0 atom stereocenters. The molecule has 7 aromatic carbocycles. The zero-order chi connectivity index (χ0) is 37.5. The molecule has 0 saturated carbocycles. The lowest BCUT2D eigenvalue weighted by Crippen LogP contribution is -2.31. The summed E-state index contributed by atoms with van der Waals surface area (Å²) in [6.07, 6.45) is 7.23. The van der Waals surface area contributed by atoms with E-state index in [-0.39, 0.29) is 0 Å². The minimum Gasteiger partial charge on any atom is -0.616 e. The van der Waals surface area contributed by atoms with Crippen molar-refractivity contribution in [2.24, 2.45) is 0 Å². The van der Waals surface area contributed by atoms with E-state index in [0.29, 0.717) is 17.1 Å². The van der Waals surface area contributed by atoms with Crippen molar-refractivity contribution in [1.82, 2.24) is 19.6 Å². The molecule has 0 N–H and O–H groups in total. The summed E-state index contributed by atoms with van der Waals surface area (Å²) in [5.41, 5.74) is 10.2. The third kappa shape index (κ3) is 5.71. The molecular formula is C51H34N4O. The van der Waals surface area contributed by atoms with Crippen LogP contribution in [0.1, 0.15) is 0 Å².